The molecule has 0 amide bonds. The number of methoxy groups -OCH3 is 1. The molecule has 2 rings (SSSR count). The standard InChI is InChI=1S/C15H16BrN3O4S/c1-4-23-11-6-9(5-10(16)12(11)20)7-17-19-15-18-8(2)13(24-15)14(21)22-3/h5-7,20H,4H2,1-3H3,(H,18,19)/b17-7-. The number of esters is 1. The lowest BCUT2D eigenvalue weighted by atomic mass is 10.2. The first-order chi connectivity index (χ1) is 11.5. The van der Waals surface area contributed by atoms with Crippen LogP contribution in [0.2, 0.25) is 0 Å². The van der Waals surface area contributed by atoms with Crippen LogP contribution in [-0.2, 0) is 4.74 Å². The van der Waals surface area contributed by atoms with Gasteiger partial charge in [0.15, 0.2) is 11.5 Å². The SMILES string of the molecule is CCOc1cc(/C=N\Nc2nc(C)c(C(=O)OC)s2)cc(Br)c1O. The van der Waals surface area contributed by atoms with Gasteiger partial charge in [-0.15, -0.1) is 0 Å². The van der Waals surface area contributed by atoms with Gasteiger partial charge in [0.25, 0.3) is 0 Å². The highest BCUT2D eigenvalue weighted by atomic mass is 79.9. The van der Waals surface area contributed by atoms with E-state index in [-0.39, 0.29) is 5.75 Å². The molecule has 0 radical (unpaired) electrons. The Hall–Kier alpha value is -2.13. The van der Waals surface area contributed by atoms with Crippen molar-refractivity contribution < 1.29 is 19.4 Å². The fraction of sp³-hybridized carbons (Fsp3) is 0.267. The van der Waals surface area contributed by atoms with Crippen LogP contribution in [0.3, 0.4) is 0 Å². The number of carbonyl (C=O) groups excluding carboxylic acids is 1. The molecule has 9 heteroatoms. The molecular weight excluding hydrogens is 398 g/mol. The molecule has 0 bridgehead atoms. The summed E-state index contributed by atoms with van der Waals surface area (Å²) < 4.78 is 10.6. The van der Waals surface area contributed by atoms with E-state index < -0.39 is 5.97 Å². The zero-order valence-electron chi connectivity index (χ0n) is 13.3. The quantitative estimate of drug-likeness (QED) is 0.427. The number of rotatable bonds is 6. The first-order valence-corrected chi connectivity index (χ1v) is 8.57. The Kier molecular flexibility index (Phi) is 6.16. The Bertz CT molecular complexity index is 776. The van der Waals surface area contributed by atoms with Crippen molar-refractivity contribution in [2.45, 2.75) is 13.8 Å². The summed E-state index contributed by atoms with van der Waals surface area (Å²) in [5.41, 5.74) is 4.07. The largest absolute Gasteiger partial charge is 0.503 e. The van der Waals surface area contributed by atoms with Gasteiger partial charge in [-0.25, -0.2) is 9.78 Å². The lowest BCUT2D eigenvalue weighted by Crippen LogP contribution is -1.99. The normalized spacial score (nSPS) is 10.8. The number of hydrogen-bond donors (Lipinski definition) is 2. The second kappa shape index (κ2) is 8.11. The van der Waals surface area contributed by atoms with Gasteiger partial charge in [-0.3, -0.25) is 5.43 Å². The molecule has 0 aliphatic heterocycles. The highest BCUT2D eigenvalue weighted by Gasteiger charge is 2.15. The lowest BCUT2D eigenvalue weighted by Gasteiger charge is -2.08. The molecule has 0 atom stereocenters. The topological polar surface area (TPSA) is 93.0 Å². The van der Waals surface area contributed by atoms with Gasteiger partial charge >= 0.3 is 5.97 Å². The number of phenols is 1. The number of nitrogens with zero attached hydrogens (tertiary/aromatic N) is 2. The van der Waals surface area contributed by atoms with E-state index in [0.29, 0.717) is 32.5 Å². The molecule has 2 aromatic rings. The number of anilines is 1. The van der Waals surface area contributed by atoms with Gasteiger partial charge in [0.1, 0.15) is 4.88 Å². The average molecular weight is 414 g/mol. The second-order valence-electron chi connectivity index (χ2n) is 4.58. The molecule has 7 nitrogen and oxygen atoms in total. The van der Waals surface area contributed by atoms with E-state index in [1.165, 1.54) is 7.11 Å². The Morgan fingerprint density at radius 3 is 2.96 bits per heavy atom. The number of aryl methyl sites for hydroxylation is 1. The number of phenolic OH excluding ortho intramolecular Hbond substituents is 1. The molecule has 0 saturated carbocycles. The fourth-order valence-electron chi connectivity index (χ4n) is 1.82. The minimum atomic E-state index is -0.425. The minimum absolute atomic E-state index is 0.0419. The van der Waals surface area contributed by atoms with Crippen LogP contribution in [0.15, 0.2) is 21.7 Å². The number of hydrogen-bond acceptors (Lipinski definition) is 8. The molecule has 1 aromatic carbocycles. The number of ether oxygens (including phenoxy) is 2. The van der Waals surface area contributed by atoms with Gasteiger partial charge in [-0.2, -0.15) is 5.10 Å². The van der Waals surface area contributed by atoms with Gasteiger partial charge in [0.2, 0.25) is 5.13 Å². The van der Waals surface area contributed by atoms with Gasteiger partial charge in [-0.05, 0) is 47.5 Å². The van der Waals surface area contributed by atoms with Crippen LogP contribution in [0.1, 0.15) is 27.9 Å². The van der Waals surface area contributed by atoms with E-state index in [0.717, 1.165) is 16.9 Å². The molecule has 2 N–H and O–H groups in total. The summed E-state index contributed by atoms with van der Waals surface area (Å²) in [6.45, 7) is 4.00. The Morgan fingerprint density at radius 2 is 2.29 bits per heavy atom. The first kappa shape index (κ1) is 18.2. The third-order valence-electron chi connectivity index (χ3n) is 2.89. The van der Waals surface area contributed by atoms with Crippen molar-refractivity contribution >= 4 is 44.6 Å². The predicted molar refractivity (Wildman–Crippen MR) is 96.4 cm³/mol. The van der Waals surface area contributed by atoms with Crippen molar-refractivity contribution in [2.24, 2.45) is 5.10 Å². The molecule has 0 saturated heterocycles. The third kappa shape index (κ3) is 4.24. The Labute approximate surface area is 151 Å². The number of carbonyl (C=O) groups is 1. The Morgan fingerprint density at radius 1 is 1.54 bits per heavy atom. The maximum absolute atomic E-state index is 11.6. The van der Waals surface area contributed by atoms with Crippen molar-refractivity contribution in [2.75, 3.05) is 19.1 Å². The Balaban J connectivity index is 2.13. The zero-order chi connectivity index (χ0) is 17.7. The summed E-state index contributed by atoms with van der Waals surface area (Å²) in [7, 11) is 1.32. The first-order valence-electron chi connectivity index (χ1n) is 6.96. The molecule has 0 unspecified atom stereocenters. The summed E-state index contributed by atoms with van der Waals surface area (Å²) in [4.78, 5) is 16.2. The van der Waals surface area contributed by atoms with Gasteiger partial charge in [0, 0.05) is 0 Å². The average Bonchev–Trinajstić information content (AvgIpc) is 2.92. The van der Waals surface area contributed by atoms with E-state index in [9.17, 15) is 9.90 Å². The molecule has 0 spiro atoms. The van der Waals surface area contributed by atoms with Crippen LogP contribution in [0.5, 0.6) is 11.5 Å². The van der Waals surface area contributed by atoms with Crippen LogP contribution in [-0.4, -0.2) is 36.0 Å². The molecule has 1 aromatic heterocycles. The number of aromatic nitrogens is 1. The van der Waals surface area contributed by atoms with Crippen LogP contribution < -0.4 is 10.2 Å². The zero-order valence-corrected chi connectivity index (χ0v) is 15.7. The number of nitrogens with one attached hydrogen (secondary N) is 1. The molecule has 24 heavy (non-hydrogen) atoms. The van der Waals surface area contributed by atoms with Crippen LogP contribution >= 0.6 is 27.3 Å². The van der Waals surface area contributed by atoms with E-state index in [2.05, 4.69) is 36.2 Å². The molecule has 0 fully saturated rings. The molecule has 0 aliphatic rings. The monoisotopic (exact) mass is 413 g/mol. The van der Waals surface area contributed by atoms with Gasteiger partial charge < -0.3 is 14.6 Å². The van der Waals surface area contributed by atoms with Crippen molar-refractivity contribution in [3.8, 4) is 11.5 Å². The van der Waals surface area contributed by atoms with E-state index in [1.54, 1.807) is 25.3 Å². The highest BCUT2D eigenvalue weighted by molar-refractivity contribution is 9.10. The van der Waals surface area contributed by atoms with E-state index in [1.807, 2.05) is 6.92 Å². The maximum atomic E-state index is 11.6. The van der Waals surface area contributed by atoms with Crippen LogP contribution in [0.25, 0.3) is 0 Å². The smallest absolute Gasteiger partial charge is 0.350 e. The summed E-state index contributed by atoms with van der Waals surface area (Å²) in [5.74, 6) is -0.0162. The molecular formula is C15H16BrN3O4S. The summed E-state index contributed by atoms with van der Waals surface area (Å²) in [5, 5.41) is 14.4. The number of benzene rings is 1. The van der Waals surface area contributed by atoms with Gasteiger partial charge in [0.05, 0.1) is 30.1 Å². The van der Waals surface area contributed by atoms with Crippen molar-refractivity contribution in [1.29, 1.82) is 0 Å². The molecule has 128 valence electrons. The van der Waals surface area contributed by atoms with E-state index >= 15 is 0 Å². The second-order valence-corrected chi connectivity index (χ2v) is 6.43. The summed E-state index contributed by atoms with van der Waals surface area (Å²) >= 11 is 4.43. The highest BCUT2D eigenvalue weighted by Crippen LogP contribution is 2.35. The van der Waals surface area contributed by atoms with Gasteiger partial charge in [-0.1, -0.05) is 11.3 Å². The van der Waals surface area contributed by atoms with Crippen molar-refractivity contribution in [3.05, 3.63) is 32.7 Å². The van der Waals surface area contributed by atoms with E-state index in [4.69, 9.17) is 4.74 Å². The van der Waals surface area contributed by atoms with Crippen LogP contribution in [0.4, 0.5) is 5.13 Å². The molecule has 0 aliphatic carbocycles. The summed E-state index contributed by atoms with van der Waals surface area (Å²) in [6.07, 6.45) is 1.56. The number of thiazole rings is 1. The number of aromatic hydroxyl groups is 1. The predicted octanol–water partition coefficient (Wildman–Crippen LogP) is 3.55. The third-order valence-corrected chi connectivity index (χ3v) is 4.54. The molecule has 1 heterocycles. The summed E-state index contributed by atoms with van der Waals surface area (Å²) in [6, 6.07) is 3.37. The minimum Gasteiger partial charge on any atom is -0.503 e. The van der Waals surface area contributed by atoms with Crippen LogP contribution in [0, 0.1) is 6.92 Å². The fourth-order valence-corrected chi connectivity index (χ4v) is 3.12. The number of halogens is 1. The van der Waals surface area contributed by atoms with Crippen molar-refractivity contribution in [3.63, 3.8) is 0 Å². The maximum Gasteiger partial charge on any atom is 0.350 e. The van der Waals surface area contributed by atoms with Crippen molar-refractivity contribution in [1.82, 2.24) is 4.98 Å². The number of hydrazone groups is 1. The lowest BCUT2D eigenvalue weighted by molar-refractivity contribution is 0.0605.